The maximum Gasteiger partial charge on any atom is 0.116 e. The van der Waals surface area contributed by atoms with E-state index in [1.54, 1.807) is 6.33 Å². The molecule has 1 aromatic heterocycles. The second-order valence-corrected chi connectivity index (χ2v) is 4.59. The van der Waals surface area contributed by atoms with Gasteiger partial charge in [-0.2, -0.15) is 0 Å². The van der Waals surface area contributed by atoms with E-state index in [9.17, 15) is 0 Å². The number of benzene rings is 2. The van der Waals surface area contributed by atoms with Crippen LogP contribution in [0.5, 0.6) is 0 Å². The molecule has 0 radical (unpaired) electrons. The van der Waals surface area contributed by atoms with Crippen molar-refractivity contribution in [2.45, 2.75) is 6.54 Å². The average molecular weight is 221 g/mol. The highest BCUT2D eigenvalue weighted by molar-refractivity contribution is 6.08. The molecule has 3 nitrogen and oxygen atoms in total. The Kier molecular flexibility index (Phi) is 1.55. The molecular formula is C14H11N3. The van der Waals surface area contributed by atoms with Crippen LogP contribution in [0.3, 0.4) is 0 Å². The Morgan fingerprint density at radius 1 is 1.00 bits per heavy atom. The molecule has 0 fully saturated rings. The van der Waals surface area contributed by atoms with E-state index in [1.165, 1.54) is 21.6 Å². The Morgan fingerprint density at radius 3 is 2.59 bits per heavy atom. The maximum atomic E-state index is 4.35. The lowest BCUT2D eigenvalue weighted by Gasteiger charge is -2.21. The number of aromatic nitrogens is 2. The van der Waals surface area contributed by atoms with Crippen molar-refractivity contribution < 1.29 is 0 Å². The summed E-state index contributed by atoms with van der Waals surface area (Å²) in [5.41, 5.74) is 3.43. The fourth-order valence-electron chi connectivity index (χ4n) is 2.72. The fraction of sp³-hybridized carbons (Fsp3) is 0.143. The summed E-state index contributed by atoms with van der Waals surface area (Å²) < 4.78 is 0. The van der Waals surface area contributed by atoms with Crippen molar-refractivity contribution >= 4 is 28.0 Å². The summed E-state index contributed by atoms with van der Waals surface area (Å²) >= 11 is 0. The van der Waals surface area contributed by atoms with E-state index in [1.807, 2.05) is 0 Å². The lowest BCUT2D eigenvalue weighted by atomic mass is 9.98. The number of hydrogen-bond donors (Lipinski definition) is 0. The Bertz CT molecular complexity index is 776. The fourth-order valence-corrected chi connectivity index (χ4v) is 2.72. The standard InChI is InChI=1S/C14H11N3/c1-17-6-9-2-4-11-14-12(16-8-15-11)5-3-10(7-17)13(9)14/h2-6,8H,7H2,1H3. The highest BCUT2D eigenvalue weighted by Gasteiger charge is 2.13. The Labute approximate surface area is 98.4 Å². The zero-order valence-corrected chi connectivity index (χ0v) is 9.51. The van der Waals surface area contributed by atoms with Gasteiger partial charge in [0.25, 0.3) is 0 Å². The van der Waals surface area contributed by atoms with E-state index >= 15 is 0 Å². The molecule has 0 aliphatic carbocycles. The molecule has 3 aromatic rings. The molecule has 0 saturated carbocycles. The van der Waals surface area contributed by atoms with Gasteiger partial charge in [0, 0.05) is 25.2 Å². The van der Waals surface area contributed by atoms with E-state index < -0.39 is 0 Å². The summed E-state index contributed by atoms with van der Waals surface area (Å²) in [4.78, 5) is 10.9. The lowest BCUT2D eigenvalue weighted by molar-refractivity contribution is 0.490. The number of hydrogen-bond acceptors (Lipinski definition) is 3. The molecule has 2 heterocycles. The first-order valence-corrected chi connectivity index (χ1v) is 5.70. The smallest absolute Gasteiger partial charge is 0.116 e. The van der Waals surface area contributed by atoms with E-state index in [4.69, 9.17) is 0 Å². The third-order valence-corrected chi connectivity index (χ3v) is 3.41. The third-order valence-electron chi connectivity index (χ3n) is 3.41. The summed E-state index contributed by atoms with van der Waals surface area (Å²) in [6.45, 7) is 0.955. The lowest BCUT2D eigenvalue weighted by Crippen LogP contribution is -2.22. The van der Waals surface area contributed by atoms with Crippen molar-refractivity contribution in [3.63, 3.8) is 0 Å². The molecule has 0 unspecified atom stereocenters. The minimum absolute atomic E-state index is 0.955. The highest BCUT2D eigenvalue weighted by Crippen LogP contribution is 2.26. The van der Waals surface area contributed by atoms with Gasteiger partial charge in [0.05, 0.1) is 11.0 Å². The van der Waals surface area contributed by atoms with Crippen molar-refractivity contribution in [3.05, 3.63) is 41.4 Å². The first-order chi connectivity index (χ1) is 8.33. The van der Waals surface area contributed by atoms with Gasteiger partial charge >= 0.3 is 0 Å². The predicted molar refractivity (Wildman–Crippen MR) is 68.2 cm³/mol. The molecule has 82 valence electrons. The van der Waals surface area contributed by atoms with Gasteiger partial charge in [0.15, 0.2) is 0 Å². The molecule has 4 rings (SSSR count). The van der Waals surface area contributed by atoms with E-state index in [-0.39, 0.29) is 0 Å². The number of rotatable bonds is 0. The molecule has 1 aliphatic rings. The summed E-state index contributed by atoms with van der Waals surface area (Å²) in [6, 6.07) is 8.49. The van der Waals surface area contributed by atoms with Crippen LogP contribution in [0.15, 0.2) is 30.6 Å². The van der Waals surface area contributed by atoms with Crippen LogP contribution >= 0.6 is 0 Å². The minimum atomic E-state index is 0.955. The molecule has 1 aliphatic heterocycles. The van der Waals surface area contributed by atoms with Crippen molar-refractivity contribution in [2.75, 3.05) is 7.05 Å². The predicted octanol–water partition coefficient (Wildman–Crippen LogP) is 1.69. The van der Waals surface area contributed by atoms with Gasteiger partial charge in [0.1, 0.15) is 6.33 Å². The molecule has 17 heavy (non-hydrogen) atoms. The zero-order valence-electron chi connectivity index (χ0n) is 9.51. The highest BCUT2D eigenvalue weighted by atomic mass is 15.1. The first-order valence-electron chi connectivity index (χ1n) is 5.70. The van der Waals surface area contributed by atoms with Gasteiger partial charge < -0.3 is 4.90 Å². The Morgan fingerprint density at radius 2 is 1.76 bits per heavy atom. The van der Waals surface area contributed by atoms with Gasteiger partial charge in [-0.3, -0.25) is 0 Å². The van der Waals surface area contributed by atoms with E-state index in [2.05, 4.69) is 52.4 Å². The van der Waals surface area contributed by atoms with Crippen LogP contribution in [-0.4, -0.2) is 21.9 Å². The summed E-state index contributed by atoms with van der Waals surface area (Å²) in [5.74, 6) is 0. The monoisotopic (exact) mass is 221 g/mol. The van der Waals surface area contributed by atoms with Crippen molar-refractivity contribution in [1.29, 1.82) is 0 Å². The minimum Gasteiger partial charge on any atom is -0.376 e. The number of nitrogens with zero attached hydrogens (tertiary/aromatic N) is 3. The molecule has 0 amide bonds. The van der Waals surface area contributed by atoms with Crippen LogP contribution < -0.4 is 5.22 Å². The van der Waals surface area contributed by atoms with Gasteiger partial charge in [-0.1, -0.05) is 12.1 Å². The summed E-state index contributed by atoms with van der Waals surface area (Å²) in [6.07, 6.45) is 3.83. The Hall–Kier alpha value is -2.16. The molecule has 0 atom stereocenters. The average Bonchev–Trinajstić information content (AvgIpc) is 2.35. The summed E-state index contributed by atoms with van der Waals surface area (Å²) in [5, 5.41) is 3.78. The van der Waals surface area contributed by atoms with Crippen LogP contribution in [-0.2, 0) is 6.54 Å². The van der Waals surface area contributed by atoms with Crippen LogP contribution in [0.2, 0.25) is 0 Å². The molecule has 0 bridgehead atoms. The maximum absolute atomic E-state index is 4.35. The SMILES string of the molecule is CN1C=c2ccc3ncnc4ccc(c2c43)C1. The molecule has 3 heteroatoms. The van der Waals surface area contributed by atoms with Crippen LogP contribution in [0.1, 0.15) is 5.56 Å². The van der Waals surface area contributed by atoms with Crippen molar-refractivity contribution in [3.8, 4) is 0 Å². The molecule has 0 N–H and O–H groups in total. The first kappa shape index (κ1) is 8.93. The quantitative estimate of drug-likeness (QED) is 0.578. The van der Waals surface area contributed by atoms with Crippen LogP contribution in [0.4, 0.5) is 0 Å². The van der Waals surface area contributed by atoms with E-state index in [0.29, 0.717) is 0 Å². The van der Waals surface area contributed by atoms with Crippen LogP contribution in [0.25, 0.3) is 28.0 Å². The zero-order chi connectivity index (χ0) is 11.4. The van der Waals surface area contributed by atoms with Crippen LogP contribution in [0, 0.1) is 0 Å². The Balaban J connectivity index is 2.37. The van der Waals surface area contributed by atoms with Crippen molar-refractivity contribution in [1.82, 2.24) is 14.9 Å². The largest absolute Gasteiger partial charge is 0.376 e. The third kappa shape index (κ3) is 1.11. The van der Waals surface area contributed by atoms with Gasteiger partial charge in [0.2, 0.25) is 0 Å². The summed E-state index contributed by atoms with van der Waals surface area (Å²) in [7, 11) is 2.10. The van der Waals surface area contributed by atoms with E-state index in [0.717, 1.165) is 17.6 Å². The van der Waals surface area contributed by atoms with Gasteiger partial charge in [-0.25, -0.2) is 9.97 Å². The second-order valence-electron chi connectivity index (χ2n) is 4.59. The molecule has 2 aromatic carbocycles. The topological polar surface area (TPSA) is 29.0 Å². The van der Waals surface area contributed by atoms with Gasteiger partial charge in [-0.05, 0) is 28.3 Å². The molecule has 0 saturated heterocycles. The molecule has 0 spiro atoms. The van der Waals surface area contributed by atoms with Crippen molar-refractivity contribution in [2.24, 2.45) is 0 Å². The normalized spacial score (nSPS) is 14.3. The second kappa shape index (κ2) is 2.94. The van der Waals surface area contributed by atoms with Gasteiger partial charge in [-0.15, -0.1) is 0 Å². The molecular weight excluding hydrogens is 210 g/mol.